The molecule has 3 aromatic carbocycles. The molecule has 32 heavy (non-hydrogen) atoms. The SMILES string of the molecule is COc1ccc(-c2nnc(-c3ccccc3)o2)cc1S(=O)(=O)Oc1ccc2c(c1)OCO2. The lowest BCUT2D eigenvalue weighted by molar-refractivity contribution is 0.174. The average molecular weight is 452 g/mol. The zero-order chi connectivity index (χ0) is 22.1. The number of aromatic nitrogens is 2. The van der Waals surface area contributed by atoms with Crippen molar-refractivity contribution in [2.75, 3.05) is 13.9 Å². The van der Waals surface area contributed by atoms with Crippen molar-refractivity contribution in [3.63, 3.8) is 0 Å². The summed E-state index contributed by atoms with van der Waals surface area (Å²) >= 11 is 0. The fourth-order valence-electron chi connectivity index (χ4n) is 3.14. The van der Waals surface area contributed by atoms with Gasteiger partial charge >= 0.3 is 10.1 Å². The molecule has 4 aromatic rings. The lowest BCUT2D eigenvalue weighted by Crippen LogP contribution is -2.11. The molecule has 0 spiro atoms. The van der Waals surface area contributed by atoms with Gasteiger partial charge in [-0.25, -0.2) is 0 Å². The Labute approximate surface area is 183 Å². The number of fused-ring (bicyclic) bond motifs is 1. The van der Waals surface area contributed by atoms with E-state index in [9.17, 15) is 8.42 Å². The van der Waals surface area contributed by atoms with Crippen LogP contribution in [0, 0.1) is 0 Å². The lowest BCUT2D eigenvalue weighted by Gasteiger charge is -2.12. The fourth-order valence-corrected chi connectivity index (χ4v) is 4.26. The van der Waals surface area contributed by atoms with E-state index >= 15 is 0 Å². The van der Waals surface area contributed by atoms with Gasteiger partial charge in [-0.05, 0) is 42.5 Å². The maximum Gasteiger partial charge on any atom is 0.342 e. The molecule has 9 nitrogen and oxygen atoms in total. The Morgan fingerprint density at radius 2 is 1.59 bits per heavy atom. The van der Waals surface area contributed by atoms with Crippen molar-refractivity contribution in [1.82, 2.24) is 10.2 Å². The zero-order valence-electron chi connectivity index (χ0n) is 16.7. The molecule has 162 valence electrons. The molecular formula is C22H16N2O7S. The number of ether oxygens (including phenoxy) is 3. The minimum Gasteiger partial charge on any atom is -0.495 e. The van der Waals surface area contributed by atoms with Gasteiger partial charge in [-0.1, -0.05) is 18.2 Å². The van der Waals surface area contributed by atoms with E-state index in [1.807, 2.05) is 30.3 Å². The lowest BCUT2D eigenvalue weighted by atomic mass is 10.2. The maximum atomic E-state index is 13.1. The molecule has 0 bridgehead atoms. The molecule has 5 rings (SSSR count). The predicted octanol–water partition coefficient (Wildman–Crippen LogP) is 3.91. The molecule has 1 aliphatic heterocycles. The van der Waals surface area contributed by atoms with Crippen LogP contribution in [0.15, 0.2) is 76.0 Å². The van der Waals surface area contributed by atoms with Gasteiger partial charge in [0.2, 0.25) is 18.6 Å². The van der Waals surface area contributed by atoms with Crippen molar-refractivity contribution in [2.45, 2.75) is 4.90 Å². The van der Waals surface area contributed by atoms with Crippen LogP contribution >= 0.6 is 0 Å². The van der Waals surface area contributed by atoms with Crippen LogP contribution in [0.3, 0.4) is 0 Å². The van der Waals surface area contributed by atoms with Gasteiger partial charge in [0.05, 0.1) is 7.11 Å². The van der Waals surface area contributed by atoms with Gasteiger partial charge in [0.25, 0.3) is 0 Å². The summed E-state index contributed by atoms with van der Waals surface area (Å²) in [6.07, 6.45) is 0. The normalized spacial score (nSPS) is 12.5. The molecular weight excluding hydrogens is 436 g/mol. The zero-order valence-corrected chi connectivity index (χ0v) is 17.5. The predicted molar refractivity (Wildman–Crippen MR) is 112 cm³/mol. The first-order chi connectivity index (χ1) is 15.5. The van der Waals surface area contributed by atoms with Crippen LogP contribution in [0.25, 0.3) is 22.9 Å². The molecule has 0 aliphatic carbocycles. The van der Waals surface area contributed by atoms with Crippen molar-refractivity contribution in [3.05, 3.63) is 66.7 Å². The van der Waals surface area contributed by atoms with Crippen LogP contribution in [-0.4, -0.2) is 32.5 Å². The summed E-state index contributed by atoms with van der Waals surface area (Å²) in [7, 11) is -2.89. The first kappa shape index (κ1) is 19.9. The highest BCUT2D eigenvalue weighted by molar-refractivity contribution is 7.87. The van der Waals surface area contributed by atoms with E-state index in [-0.39, 0.29) is 29.1 Å². The van der Waals surface area contributed by atoms with Crippen molar-refractivity contribution in [3.8, 4) is 45.9 Å². The van der Waals surface area contributed by atoms with E-state index in [0.717, 1.165) is 5.56 Å². The van der Waals surface area contributed by atoms with E-state index in [1.165, 1.54) is 31.4 Å². The third-order valence-corrected chi connectivity index (χ3v) is 5.95. The topological polar surface area (TPSA) is 110 Å². The molecule has 0 N–H and O–H groups in total. The monoisotopic (exact) mass is 452 g/mol. The van der Waals surface area contributed by atoms with E-state index < -0.39 is 10.1 Å². The molecule has 0 saturated heterocycles. The van der Waals surface area contributed by atoms with Gasteiger partial charge < -0.3 is 22.8 Å². The molecule has 0 amide bonds. The Bertz CT molecular complexity index is 1380. The molecule has 0 radical (unpaired) electrons. The first-order valence-corrected chi connectivity index (χ1v) is 10.9. The molecule has 2 heterocycles. The van der Waals surface area contributed by atoms with E-state index in [4.69, 9.17) is 22.8 Å². The molecule has 0 fully saturated rings. The molecule has 1 aromatic heterocycles. The number of rotatable bonds is 6. The second-order valence-corrected chi connectivity index (χ2v) is 8.21. The smallest absolute Gasteiger partial charge is 0.342 e. The Morgan fingerprint density at radius 1 is 0.844 bits per heavy atom. The number of nitrogens with zero attached hydrogens (tertiary/aromatic N) is 2. The van der Waals surface area contributed by atoms with Crippen molar-refractivity contribution in [2.24, 2.45) is 0 Å². The minimum atomic E-state index is -4.26. The standard InChI is InChI=1S/C22H16N2O7S/c1-27-18-9-7-15(22-24-23-21(30-22)14-5-3-2-4-6-14)11-20(18)32(25,26)31-16-8-10-17-19(12-16)29-13-28-17/h2-12H,13H2,1H3. The Kier molecular flexibility index (Phi) is 4.91. The highest BCUT2D eigenvalue weighted by Gasteiger charge is 2.25. The molecule has 0 unspecified atom stereocenters. The largest absolute Gasteiger partial charge is 0.495 e. The number of hydrogen-bond donors (Lipinski definition) is 0. The molecule has 0 atom stereocenters. The first-order valence-electron chi connectivity index (χ1n) is 9.45. The van der Waals surface area contributed by atoms with Gasteiger partial charge in [0, 0.05) is 17.2 Å². The van der Waals surface area contributed by atoms with Gasteiger partial charge in [-0.3, -0.25) is 0 Å². The van der Waals surface area contributed by atoms with Crippen LogP contribution < -0.4 is 18.4 Å². The third kappa shape index (κ3) is 3.71. The summed E-state index contributed by atoms with van der Waals surface area (Å²) < 4.78 is 52.9. The van der Waals surface area contributed by atoms with Crippen molar-refractivity contribution < 1.29 is 31.2 Å². The van der Waals surface area contributed by atoms with Gasteiger partial charge in [0.15, 0.2) is 11.5 Å². The summed E-state index contributed by atoms with van der Waals surface area (Å²) in [6, 6.07) is 18.2. The average Bonchev–Trinajstić information content (AvgIpc) is 3.48. The summed E-state index contributed by atoms with van der Waals surface area (Å²) in [6.45, 7) is 0.0660. The quantitative estimate of drug-likeness (QED) is 0.402. The molecule has 1 aliphatic rings. The fraction of sp³-hybridized carbons (Fsp3) is 0.0909. The van der Waals surface area contributed by atoms with Gasteiger partial charge in [-0.15, -0.1) is 10.2 Å². The van der Waals surface area contributed by atoms with Crippen molar-refractivity contribution >= 4 is 10.1 Å². The highest BCUT2D eigenvalue weighted by Crippen LogP contribution is 2.37. The minimum absolute atomic E-state index is 0.0660. The number of benzene rings is 3. The van der Waals surface area contributed by atoms with Crippen LogP contribution in [0.5, 0.6) is 23.0 Å². The number of hydrogen-bond acceptors (Lipinski definition) is 9. The Hall–Kier alpha value is -4.05. The van der Waals surface area contributed by atoms with E-state index in [0.29, 0.717) is 23.0 Å². The highest BCUT2D eigenvalue weighted by atomic mass is 32.2. The summed E-state index contributed by atoms with van der Waals surface area (Å²) in [5.74, 6) is 1.57. The van der Waals surface area contributed by atoms with Crippen LogP contribution in [0.2, 0.25) is 0 Å². The summed E-state index contributed by atoms with van der Waals surface area (Å²) in [5.41, 5.74) is 1.15. The van der Waals surface area contributed by atoms with Crippen LogP contribution in [-0.2, 0) is 10.1 Å². The molecule has 0 saturated carbocycles. The third-order valence-electron chi connectivity index (χ3n) is 4.68. The molecule has 10 heteroatoms. The Morgan fingerprint density at radius 3 is 2.38 bits per heavy atom. The summed E-state index contributed by atoms with van der Waals surface area (Å²) in [5, 5.41) is 8.09. The van der Waals surface area contributed by atoms with Crippen molar-refractivity contribution in [1.29, 1.82) is 0 Å². The Balaban J connectivity index is 1.49. The van der Waals surface area contributed by atoms with Gasteiger partial charge in [0.1, 0.15) is 16.4 Å². The maximum absolute atomic E-state index is 13.1. The second kappa shape index (κ2) is 7.89. The number of methoxy groups -OCH3 is 1. The van der Waals surface area contributed by atoms with E-state index in [1.54, 1.807) is 12.1 Å². The van der Waals surface area contributed by atoms with Crippen LogP contribution in [0.4, 0.5) is 0 Å². The van der Waals surface area contributed by atoms with E-state index in [2.05, 4.69) is 10.2 Å². The second-order valence-electron chi connectivity index (χ2n) is 6.70. The summed E-state index contributed by atoms with van der Waals surface area (Å²) in [4.78, 5) is -0.186. The van der Waals surface area contributed by atoms with Gasteiger partial charge in [-0.2, -0.15) is 8.42 Å². The van der Waals surface area contributed by atoms with Crippen LogP contribution in [0.1, 0.15) is 0 Å².